The average Bonchev–Trinajstić information content (AvgIpc) is 3.02. The van der Waals surface area contributed by atoms with Crippen LogP contribution in [-0.2, 0) is 0 Å². The van der Waals surface area contributed by atoms with E-state index in [1.54, 1.807) is 22.8 Å². The fourth-order valence-corrected chi connectivity index (χ4v) is 3.31. The van der Waals surface area contributed by atoms with Crippen LogP contribution in [0, 0.1) is 12.8 Å². The molecule has 1 fully saturated rings. The second-order valence-electron chi connectivity index (χ2n) is 6.26. The van der Waals surface area contributed by atoms with E-state index >= 15 is 0 Å². The largest absolute Gasteiger partial charge is 0.476 e. The molecule has 7 nitrogen and oxygen atoms in total. The minimum Gasteiger partial charge on any atom is -0.476 e. The summed E-state index contributed by atoms with van der Waals surface area (Å²) < 4.78 is 7.60. The smallest absolute Gasteiger partial charge is 0.232 e. The summed E-state index contributed by atoms with van der Waals surface area (Å²) in [5.74, 6) is 2.64. The number of aryl methyl sites for hydroxylation is 1. The van der Waals surface area contributed by atoms with E-state index in [0.717, 1.165) is 43.2 Å². The Bertz CT molecular complexity index is 882. The number of fused-ring (bicyclic) bond motifs is 1. The lowest BCUT2D eigenvalue weighted by Crippen LogP contribution is -2.38. The molecular formula is C17H19ClN6O. The van der Waals surface area contributed by atoms with Crippen LogP contribution in [0.4, 0.5) is 5.82 Å². The summed E-state index contributed by atoms with van der Waals surface area (Å²) in [6, 6.07) is 7.54. The average molecular weight is 359 g/mol. The number of aromatic nitrogens is 5. The number of pyridine rings is 1. The van der Waals surface area contributed by atoms with Gasteiger partial charge in [-0.3, -0.25) is 0 Å². The number of rotatable bonds is 4. The maximum atomic E-state index is 6.10. The molecule has 0 saturated carbocycles. The van der Waals surface area contributed by atoms with E-state index in [4.69, 9.17) is 16.3 Å². The van der Waals surface area contributed by atoms with Gasteiger partial charge in [0.2, 0.25) is 5.88 Å². The van der Waals surface area contributed by atoms with Crippen molar-refractivity contribution < 1.29 is 4.74 Å². The van der Waals surface area contributed by atoms with Gasteiger partial charge in [0, 0.05) is 25.2 Å². The number of nitrogens with zero attached hydrogens (tertiary/aromatic N) is 6. The first kappa shape index (κ1) is 16.1. The standard InChI is InChI=1S/C17H19ClN6O/c1-12-20-21-15-6-7-16(22-24(12)15)23-9-3-4-13(10-23)11-25-17-14(18)5-2-8-19-17/h2,5-8,13H,3-4,9-11H2,1H3. The maximum Gasteiger partial charge on any atom is 0.232 e. The number of halogens is 1. The Morgan fingerprint density at radius 3 is 3.08 bits per heavy atom. The number of anilines is 1. The molecule has 1 unspecified atom stereocenters. The summed E-state index contributed by atoms with van der Waals surface area (Å²) in [4.78, 5) is 6.47. The molecule has 1 aliphatic rings. The zero-order valence-corrected chi connectivity index (χ0v) is 14.7. The van der Waals surface area contributed by atoms with Crippen molar-refractivity contribution >= 4 is 23.1 Å². The van der Waals surface area contributed by atoms with Crippen LogP contribution in [0.1, 0.15) is 18.7 Å². The Morgan fingerprint density at radius 2 is 2.20 bits per heavy atom. The van der Waals surface area contributed by atoms with Crippen molar-refractivity contribution in [1.29, 1.82) is 0 Å². The number of ether oxygens (including phenoxy) is 1. The first-order valence-electron chi connectivity index (χ1n) is 8.38. The molecule has 0 spiro atoms. The Morgan fingerprint density at radius 1 is 1.28 bits per heavy atom. The van der Waals surface area contributed by atoms with Gasteiger partial charge in [-0.15, -0.1) is 15.3 Å². The molecule has 4 heterocycles. The lowest BCUT2D eigenvalue weighted by molar-refractivity contribution is 0.221. The lowest BCUT2D eigenvalue weighted by Gasteiger charge is -2.33. The van der Waals surface area contributed by atoms with Gasteiger partial charge in [0.1, 0.15) is 10.8 Å². The quantitative estimate of drug-likeness (QED) is 0.714. The van der Waals surface area contributed by atoms with Crippen LogP contribution in [0.15, 0.2) is 30.5 Å². The zero-order chi connectivity index (χ0) is 17.2. The van der Waals surface area contributed by atoms with Crippen molar-refractivity contribution in [2.75, 3.05) is 24.6 Å². The topological polar surface area (TPSA) is 68.4 Å². The molecule has 3 aromatic heterocycles. The van der Waals surface area contributed by atoms with Crippen LogP contribution in [0.3, 0.4) is 0 Å². The highest BCUT2D eigenvalue weighted by Crippen LogP contribution is 2.25. The van der Waals surface area contributed by atoms with E-state index in [1.165, 1.54) is 0 Å². The van der Waals surface area contributed by atoms with Crippen LogP contribution >= 0.6 is 11.6 Å². The fraction of sp³-hybridized carbons (Fsp3) is 0.412. The highest BCUT2D eigenvalue weighted by molar-refractivity contribution is 6.31. The molecule has 0 N–H and O–H groups in total. The van der Waals surface area contributed by atoms with Gasteiger partial charge in [0.15, 0.2) is 11.5 Å². The van der Waals surface area contributed by atoms with Gasteiger partial charge >= 0.3 is 0 Å². The summed E-state index contributed by atoms with van der Waals surface area (Å²) in [6.07, 6.45) is 3.91. The molecule has 1 aliphatic heterocycles. The third-order valence-electron chi connectivity index (χ3n) is 4.43. The highest BCUT2D eigenvalue weighted by Gasteiger charge is 2.22. The Kier molecular flexibility index (Phi) is 4.40. The SMILES string of the molecule is Cc1nnc2ccc(N3CCCC(COc4ncccc4Cl)C3)nn12. The Labute approximate surface area is 150 Å². The van der Waals surface area contributed by atoms with Crippen LogP contribution in [-0.4, -0.2) is 44.5 Å². The predicted octanol–water partition coefficient (Wildman–Crippen LogP) is 2.78. The molecule has 0 bridgehead atoms. The zero-order valence-electron chi connectivity index (χ0n) is 14.0. The molecule has 4 rings (SSSR count). The van der Waals surface area contributed by atoms with Gasteiger partial charge in [0.25, 0.3) is 0 Å². The van der Waals surface area contributed by atoms with Gasteiger partial charge in [-0.25, -0.2) is 4.98 Å². The second-order valence-corrected chi connectivity index (χ2v) is 6.67. The van der Waals surface area contributed by atoms with Gasteiger partial charge in [-0.1, -0.05) is 11.6 Å². The lowest BCUT2D eigenvalue weighted by atomic mass is 9.99. The summed E-state index contributed by atoms with van der Waals surface area (Å²) >= 11 is 6.10. The van der Waals surface area contributed by atoms with Crippen molar-refractivity contribution in [2.24, 2.45) is 5.92 Å². The first-order chi connectivity index (χ1) is 12.2. The van der Waals surface area contributed by atoms with Gasteiger partial charge in [-0.05, 0) is 44.0 Å². The first-order valence-corrected chi connectivity index (χ1v) is 8.76. The van der Waals surface area contributed by atoms with Crippen LogP contribution in [0.25, 0.3) is 5.65 Å². The Balaban J connectivity index is 1.45. The summed E-state index contributed by atoms with van der Waals surface area (Å²) in [5.41, 5.74) is 0.767. The van der Waals surface area contributed by atoms with Crippen molar-refractivity contribution in [2.45, 2.75) is 19.8 Å². The van der Waals surface area contributed by atoms with Crippen molar-refractivity contribution in [3.05, 3.63) is 41.3 Å². The van der Waals surface area contributed by atoms with Crippen LogP contribution < -0.4 is 9.64 Å². The van der Waals surface area contributed by atoms with Crippen molar-refractivity contribution in [1.82, 2.24) is 24.8 Å². The van der Waals surface area contributed by atoms with E-state index in [2.05, 4.69) is 25.2 Å². The Hall–Kier alpha value is -2.41. The summed E-state index contributed by atoms with van der Waals surface area (Å²) in [5, 5.41) is 13.4. The molecule has 25 heavy (non-hydrogen) atoms. The minimum atomic E-state index is 0.409. The molecular weight excluding hydrogens is 340 g/mol. The maximum absolute atomic E-state index is 6.10. The van der Waals surface area contributed by atoms with E-state index in [9.17, 15) is 0 Å². The molecule has 8 heteroatoms. The van der Waals surface area contributed by atoms with Crippen molar-refractivity contribution in [3.63, 3.8) is 0 Å². The van der Waals surface area contributed by atoms with E-state index < -0.39 is 0 Å². The molecule has 0 amide bonds. The number of hydrogen-bond donors (Lipinski definition) is 0. The highest BCUT2D eigenvalue weighted by atomic mass is 35.5. The molecule has 0 radical (unpaired) electrons. The second kappa shape index (κ2) is 6.84. The normalized spacial score (nSPS) is 17.8. The molecule has 0 aromatic carbocycles. The van der Waals surface area contributed by atoms with E-state index in [-0.39, 0.29) is 0 Å². The molecule has 1 saturated heterocycles. The fourth-order valence-electron chi connectivity index (χ4n) is 3.14. The van der Waals surface area contributed by atoms with E-state index in [0.29, 0.717) is 23.4 Å². The summed E-state index contributed by atoms with van der Waals surface area (Å²) in [6.45, 7) is 4.38. The van der Waals surface area contributed by atoms with Gasteiger partial charge in [-0.2, -0.15) is 4.52 Å². The van der Waals surface area contributed by atoms with Crippen molar-refractivity contribution in [3.8, 4) is 5.88 Å². The van der Waals surface area contributed by atoms with Crippen LogP contribution in [0.5, 0.6) is 5.88 Å². The van der Waals surface area contributed by atoms with Gasteiger partial charge in [0.05, 0.1) is 6.61 Å². The third kappa shape index (κ3) is 3.37. The minimum absolute atomic E-state index is 0.409. The van der Waals surface area contributed by atoms with Gasteiger partial charge < -0.3 is 9.64 Å². The van der Waals surface area contributed by atoms with E-state index in [1.807, 2.05) is 19.1 Å². The molecule has 1 atom stereocenters. The molecule has 130 valence electrons. The molecule has 0 aliphatic carbocycles. The summed E-state index contributed by atoms with van der Waals surface area (Å²) in [7, 11) is 0. The molecule has 3 aromatic rings. The predicted molar refractivity (Wildman–Crippen MR) is 95.2 cm³/mol. The number of hydrogen-bond acceptors (Lipinski definition) is 6. The van der Waals surface area contributed by atoms with Crippen LogP contribution in [0.2, 0.25) is 5.02 Å². The third-order valence-corrected chi connectivity index (χ3v) is 4.72. The monoisotopic (exact) mass is 358 g/mol. The number of piperidine rings is 1.